The molecule has 0 aliphatic rings. The zero-order chi connectivity index (χ0) is 11.4. The van der Waals surface area contributed by atoms with Gasteiger partial charge >= 0.3 is 6.09 Å². The van der Waals surface area contributed by atoms with Crippen molar-refractivity contribution in [1.82, 2.24) is 0 Å². The van der Waals surface area contributed by atoms with E-state index in [1.54, 1.807) is 12.1 Å². The summed E-state index contributed by atoms with van der Waals surface area (Å²) < 4.78 is 6.73. The monoisotopic (exact) mass is 397 g/mol. The summed E-state index contributed by atoms with van der Waals surface area (Å²) in [4.78, 5) is 13.2. The van der Waals surface area contributed by atoms with Crippen molar-refractivity contribution in [1.29, 1.82) is 0 Å². The third kappa shape index (κ3) is 3.49. The number of nitrogens with zero attached hydrogens (tertiary/aromatic N) is 3. The highest BCUT2D eigenvalue weighted by atomic mass is 79.9. The van der Waals surface area contributed by atoms with Crippen molar-refractivity contribution in [3.63, 3.8) is 0 Å². The number of azide groups is 1. The second-order valence-electron chi connectivity index (χ2n) is 2.26. The van der Waals surface area contributed by atoms with E-state index in [4.69, 9.17) is 10.3 Å². The Balaban J connectivity index is 3.05. The van der Waals surface area contributed by atoms with Crippen molar-refractivity contribution in [2.24, 2.45) is 5.11 Å². The molecule has 0 aromatic heterocycles. The Morgan fingerprint density at radius 2 is 1.87 bits per heavy atom. The fraction of sp³-hybridized carbons (Fsp3) is 0. The van der Waals surface area contributed by atoms with Crippen LogP contribution < -0.4 is 4.74 Å². The number of hydrogen-bond donors (Lipinski definition) is 0. The van der Waals surface area contributed by atoms with Gasteiger partial charge in [0.2, 0.25) is 0 Å². The van der Waals surface area contributed by atoms with Crippen LogP contribution in [0.15, 0.2) is 30.7 Å². The van der Waals surface area contributed by atoms with E-state index in [2.05, 4.69) is 57.8 Å². The first kappa shape index (κ1) is 12.5. The molecule has 0 N–H and O–H groups in total. The standard InChI is InChI=1S/C7H2Br3N3O2/c8-3-1-4(9)6(5(10)2-3)15-7(14)12-13-11/h1-2H. The molecule has 15 heavy (non-hydrogen) atoms. The number of amides is 1. The lowest BCUT2D eigenvalue weighted by Gasteiger charge is -2.06. The zero-order valence-corrected chi connectivity index (χ0v) is 11.7. The van der Waals surface area contributed by atoms with E-state index in [0.29, 0.717) is 8.95 Å². The Kier molecular flexibility index (Phi) is 4.59. The molecule has 0 unspecified atom stereocenters. The van der Waals surface area contributed by atoms with E-state index in [1.165, 1.54) is 0 Å². The largest absolute Gasteiger partial charge is 0.419 e. The number of halogens is 3. The Morgan fingerprint density at radius 1 is 1.33 bits per heavy atom. The third-order valence-corrected chi connectivity index (χ3v) is 2.91. The highest BCUT2D eigenvalue weighted by Crippen LogP contribution is 2.36. The highest BCUT2D eigenvalue weighted by molar-refractivity contribution is 9.11. The fourth-order valence-electron chi connectivity index (χ4n) is 0.771. The normalized spacial score (nSPS) is 9.27. The second-order valence-corrected chi connectivity index (χ2v) is 4.88. The van der Waals surface area contributed by atoms with Crippen LogP contribution >= 0.6 is 47.8 Å². The van der Waals surface area contributed by atoms with Gasteiger partial charge < -0.3 is 4.74 Å². The number of rotatable bonds is 1. The van der Waals surface area contributed by atoms with Gasteiger partial charge in [-0.05, 0) is 49.5 Å². The van der Waals surface area contributed by atoms with Gasteiger partial charge in [-0.2, -0.15) is 0 Å². The molecule has 5 nitrogen and oxygen atoms in total. The van der Waals surface area contributed by atoms with Crippen molar-refractivity contribution < 1.29 is 9.53 Å². The quantitative estimate of drug-likeness (QED) is 0.387. The number of ether oxygens (including phenoxy) is 1. The molecule has 1 aromatic rings. The van der Waals surface area contributed by atoms with Gasteiger partial charge in [-0.1, -0.05) is 15.9 Å². The Bertz CT molecular complexity index is 434. The summed E-state index contributed by atoms with van der Waals surface area (Å²) in [6, 6.07) is 3.40. The minimum atomic E-state index is -1.01. The van der Waals surface area contributed by atoms with Crippen LogP contribution in [0.1, 0.15) is 0 Å². The van der Waals surface area contributed by atoms with Crippen LogP contribution in [0, 0.1) is 0 Å². The number of benzene rings is 1. The minimum absolute atomic E-state index is 0.260. The maximum Gasteiger partial charge on any atom is 0.402 e. The maximum absolute atomic E-state index is 10.9. The van der Waals surface area contributed by atoms with E-state index in [9.17, 15) is 4.79 Å². The summed E-state index contributed by atoms with van der Waals surface area (Å²) in [6.45, 7) is 0. The second kappa shape index (κ2) is 5.50. The van der Waals surface area contributed by atoms with Gasteiger partial charge in [0.15, 0.2) is 5.75 Å². The first-order valence-electron chi connectivity index (χ1n) is 3.46. The first-order valence-corrected chi connectivity index (χ1v) is 5.84. The van der Waals surface area contributed by atoms with E-state index in [-0.39, 0.29) is 5.75 Å². The van der Waals surface area contributed by atoms with E-state index in [0.717, 1.165) is 4.47 Å². The molecule has 0 aliphatic heterocycles. The molecular weight excluding hydrogens is 398 g/mol. The molecule has 1 amide bonds. The molecule has 0 aliphatic carbocycles. The lowest BCUT2D eigenvalue weighted by atomic mass is 10.3. The first-order chi connectivity index (χ1) is 7.04. The van der Waals surface area contributed by atoms with E-state index in [1.807, 2.05) is 0 Å². The van der Waals surface area contributed by atoms with Gasteiger partial charge in [-0.15, -0.1) is 0 Å². The van der Waals surface area contributed by atoms with E-state index >= 15 is 0 Å². The molecule has 0 heterocycles. The molecule has 0 fully saturated rings. The topological polar surface area (TPSA) is 75.1 Å². The molecule has 8 heteroatoms. The van der Waals surface area contributed by atoms with Gasteiger partial charge in [0, 0.05) is 14.5 Å². The molecule has 1 rings (SSSR count). The predicted molar refractivity (Wildman–Crippen MR) is 64.7 cm³/mol. The summed E-state index contributed by atoms with van der Waals surface area (Å²) in [7, 11) is 0. The number of carbonyl (C=O) groups is 1. The third-order valence-electron chi connectivity index (χ3n) is 1.28. The van der Waals surface area contributed by atoms with Crippen LogP contribution in [0.5, 0.6) is 5.75 Å². The van der Waals surface area contributed by atoms with Gasteiger partial charge in [-0.25, -0.2) is 4.79 Å². The number of hydrogen-bond acceptors (Lipinski definition) is 2. The van der Waals surface area contributed by atoms with Crippen LogP contribution in [0.25, 0.3) is 10.4 Å². The summed E-state index contributed by atoms with van der Waals surface area (Å²) >= 11 is 9.67. The SMILES string of the molecule is [N-]=[N+]=NC(=O)Oc1c(Br)cc(Br)cc1Br. The summed E-state index contributed by atoms with van der Waals surface area (Å²) in [6.07, 6.45) is -1.01. The maximum atomic E-state index is 10.9. The molecule has 0 spiro atoms. The Morgan fingerprint density at radius 3 is 2.33 bits per heavy atom. The molecule has 0 saturated heterocycles. The van der Waals surface area contributed by atoms with Crippen molar-refractivity contribution in [2.75, 3.05) is 0 Å². The summed E-state index contributed by atoms with van der Waals surface area (Å²) in [5.74, 6) is 0.260. The molecule has 1 aromatic carbocycles. The van der Waals surface area contributed by atoms with Crippen LogP contribution in [-0.4, -0.2) is 6.09 Å². The van der Waals surface area contributed by atoms with Crippen molar-refractivity contribution in [3.8, 4) is 5.75 Å². The molecule has 0 saturated carbocycles. The van der Waals surface area contributed by atoms with Crippen LogP contribution in [0.4, 0.5) is 4.79 Å². The Hall–Kier alpha value is -0.560. The molecular formula is C7H2Br3N3O2. The van der Waals surface area contributed by atoms with Gasteiger partial charge in [0.05, 0.1) is 8.95 Å². The minimum Gasteiger partial charge on any atom is -0.419 e. The van der Waals surface area contributed by atoms with Crippen LogP contribution in [0.3, 0.4) is 0 Å². The van der Waals surface area contributed by atoms with Crippen molar-refractivity contribution >= 4 is 53.9 Å². The predicted octanol–water partition coefficient (Wildman–Crippen LogP) is 4.78. The average Bonchev–Trinajstić information content (AvgIpc) is 2.11. The number of carbonyl (C=O) groups excluding carboxylic acids is 1. The van der Waals surface area contributed by atoms with Crippen LogP contribution in [-0.2, 0) is 0 Å². The van der Waals surface area contributed by atoms with Gasteiger partial charge in [0.1, 0.15) is 0 Å². The Labute approximate surface area is 110 Å². The van der Waals surface area contributed by atoms with Gasteiger partial charge in [-0.3, -0.25) is 0 Å². The highest BCUT2D eigenvalue weighted by Gasteiger charge is 2.11. The molecule has 78 valence electrons. The molecule has 0 atom stereocenters. The van der Waals surface area contributed by atoms with Crippen molar-refractivity contribution in [3.05, 3.63) is 36.0 Å². The smallest absolute Gasteiger partial charge is 0.402 e. The lowest BCUT2D eigenvalue weighted by molar-refractivity contribution is 0.210. The summed E-state index contributed by atoms with van der Waals surface area (Å²) in [5.41, 5.74) is 8.02. The van der Waals surface area contributed by atoms with Gasteiger partial charge in [0.25, 0.3) is 0 Å². The van der Waals surface area contributed by atoms with E-state index < -0.39 is 6.09 Å². The van der Waals surface area contributed by atoms with Crippen molar-refractivity contribution in [2.45, 2.75) is 0 Å². The summed E-state index contributed by atoms with van der Waals surface area (Å²) in [5, 5.41) is 2.79. The molecule has 0 radical (unpaired) electrons. The lowest BCUT2D eigenvalue weighted by Crippen LogP contribution is -2.01. The fourth-order valence-corrected chi connectivity index (χ4v) is 3.19. The van der Waals surface area contributed by atoms with Crippen LogP contribution in [0.2, 0.25) is 0 Å². The zero-order valence-electron chi connectivity index (χ0n) is 6.95. The average molecular weight is 400 g/mol. The molecule has 0 bridgehead atoms.